The molecule has 3 aliphatic rings. The van der Waals surface area contributed by atoms with E-state index in [0.717, 1.165) is 54.4 Å². The van der Waals surface area contributed by atoms with Crippen LogP contribution in [0, 0.1) is 23.2 Å². The van der Waals surface area contributed by atoms with Gasteiger partial charge in [0.1, 0.15) is 4.90 Å². The number of hydrogen-bond acceptors (Lipinski definition) is 12. The van der Waals surface area contributed by atoms with Crippen molar-refractivity contribution in [3.05, 3.63) is 125 Å². The van der Waals surface area contributed by atoms with E-state index in [9.17, 15) is 53.9 Å². The molecule has 75 heavy (non-hydrogen) atoms. The minimum atomic E-state index is -6.18. The number of anilines is 2. The summed E-state index contributed by atoms with van der Waals surface area (Å²) in [5, 5.41) is 6.15. The molecule has 15 nitrogen and oxygen atoms in total. The van der Waals surface area contributed by atoms with Gasteiger partial charge >= 0.3 is 29.3 Å². The first-order chi connectivity index (χ1) is 35.4. The number of ether oxygens (including phenoxy) is 1. The number of alkyl halides is 3. The lowest BCUT2D eigenvalue weighted by molar-refractivity contribution is -0.154. The molecule has 0 radical (unpaired) electrons. The molecule has 0 aromatic heterocycles. The maximum absolute atomic E-state index is 14.9. The third kappa shape index (κ3) is 14.6. The number of esters is 1. The molecule has 6 atom stereocenters. The van der Waals surface area contributed by atoms with E-state index < -0.39 is 78.7 Å². The van der Waals surface area contributed by atoms with Crippen molar-refractivity contribution in [3.8, 4) is 0 Å². The SMILES string of the molecule is CC[C@H](OC(=O)C1CCNCC1CCCC(Sc1ccccc1)N(c1ccccc1S(=O)(=O)C(F)(F)F)S(=O)(=O)NC(=O)c1ccc(N2CCNC(CC3CC(c4ccc(Cl)cc4)=CCC3(C)C)C2)cc1)P(=O)(O)O. The Kier molecular flexibility index (Phi) is 19.0. The second kappa shape index (κ2) is 24.5. The fourth-order valence-corrected chi connectivity index (χ4v) is 14.8. The Morgan fingerprint density at radius 2 is 1.65 bits per heavy atom. The van der Waals surface area contributed by atoms with E-state index in [4.69, 9.17) is 16.3 Å². The van der Waals surface area contributed by atoms with Crippen LogP contribution in [0.1, 0.15) is 88.1 Å². The summed E-state index contributed by atoms with van der Waals surface area (Å²) < 4.78 is 119. The van der Waals surface area contributed by atoms with Gasteiger partial charge in [0.25, 0.3) is 15.7 Å². The van der Waals surface area contributed by atoms with Crippen LogP contribution in [0.5, 0.6) is 0 Å². The normalized spacial score (nSPS) is 21.3. The van der Waals surface area contributed by atoms with Gasteiger partial charge < -0.3 is 30.1 Å². The minimum absolute atomic E-state index is 0.0611. The molecule has 2 aliphatic heterocycles. The van der Waals surface area contributed by atoms with Crippen LogP contribution in [0.3, 0.4) is 0 Å². The highest BCUT2D eigenvalue weighted by atomic mass is 35.5. The molecular formula is C52H64ClF3N5O10PS3. The Morgan fingerprint density at radius 3 is 2.32 bits per heavy atom. The van der Waals surface area contributed by atoms with Crippen LogP contribution in [0.4, 0.5) is 24.5 Å². The second-order valence-electron chi connectivity index (χ2n) is 19.9. The maximum atomic E-state index is 14.9. The molecule has 5 unspecified atom stereocenters. The Labute approximate surface area is 446 Å². The number of sulfone groups is 1. The first-order valence-corrected chi connectivity index (χ1v) is 30.7. The van der Waals surface area contributed by atoms with Gasteiger partial charge in [-0.05, 0) is 147 Å². The lowest BCUT2D eigenvalue weighted by atomic mass is 9.66. The summed E-state index contributed by atoms with van der Waals surface area (Å²) in [7, 11) is -16.2. The summed E-state index contributed by atoms with van der Waals surface area (Å²) in [5.41, 5.74) is -3.49. The third-order valence-electron chi connectivity index (χ3n) is 14.3. The van der Waals surface area contributed by atoms with Gasteiger partial charge in [-0.2, -0.15) is 21.6 Å². The number of piperazine rings is 1. The molecule has 0 saturated carbocycles. The summed E-state index contributed by atoms with van der Waals surface area (Å²) in [5.74, 6) is -4.48. The standard InChI is InChI=1S/C52H64ClF3N5O10PS3/c1-4-48(72(64,65)66)71-50(63)44-26-28-57-33-38(44)11-10-16-47(73-43-12-6-5-7-13-43)61(45-14-8-9-15-46(45)74(67,68)52(54,55)56)75(69,70)59-49(62)36-19-23-42(24-20-36)60-30-29-58-41(34-60)32-39-31-37(25-27-51(39,2)3)35-17-21-40(53)22-18-35/h5-9,12-15,17-25,38-39,41,44,47-48,57-58H,4,10-11,16,26-34H2,1-3H3,(H,59,62)(H2,64,65,66)/t38?,39?,41?,44?,47?,48-/m1/s1. The molecule has 2 saturated heterocycles. The van der Waals surface area contributed by atoms with E-state index in [1.54, 1.807) is 42.5 Å². The van der Waals surface area contributed by atoms with Crippen molar-refractivity contribution in [2.75, 3.05) is 41.9 Å². The van der Waals surface area contributed by atoms with Gasteiger partial charge in [0.2, 0.25) is 5.85 Å². The van der Waals surface area contributed by atoms with Gasteiger partial charge in [0.15, 0.2) is 0 Å². The molecule has 4 aromatic rings. The third-order valence-corrected chi connectivity index (χ3v) is 20.2. The van der Waals surface area contributed by atoms with Gasteiger partial charge in [0, 0.05) is 46.8 Å². The Bertz CT molecular complexity index is 2930. The first kappa shape index (κ1) is 58.2. The lowest BCUT2D eigenvalue weighted by Crippen LogP contribution is -2.52. The summed E-state index contributed by atoms with van der Waals surface area (Å²) in [6, 6.07) is 26.4. The van der Waals surface area contributed by atoms with Crippen molar-refractivity contribution in [2.24, 2.45) is 23.2 Å². The van der Waals surface area contributed by atoms with Crippen LogP contribution >= 0.6 is 31.0 Å². The van der Waals surface area contributed by atoms with E-state index in [1.165, 1.54) is 30.7 Å². The average Bonchev–Trinajstić information content (AvgIpc) is 3.36. The number of piperidine rings is 1. The van der Waals surface area contributed by atoms with Crippen molar-refractivity contribution in [1.29, 1.82) is 0 Å². The van der Waals surface area contributed by atoms with E-state index >= 15 is 0 Å². The van der Waals surface area contributed by atoms with Crippen LogP contribution in [-0.2, 0) is 34.1 Å². The van der Waals surface area contributed by atoms with Crippen molar-refractivity contribution in [1.82, 2.24) is 15.4 Å². The fourth-order valence-electron chi connectivity index (χ4n) is 10.1. The number of allylic oxidation sites excluding steroid dienone is 2. The minimum Gasteiger partial charge on any atom is -0.449 e. The van der Waals surface area contributed by atoms with E-state index in [2.05, 4.69) is 35.5 Å². The van der Waals surface area contributed by atoms with Gasteiger partial charge in [-0.3, -0.25) is 14.2 Å². The predicted octanol–water partition coefficient (Wildman–Crippen LogP) is 9.77. The summed E-state index contributed by atoms with van der Waals surface area (Å²) in [4.78, 5) is 48.3. The molecule has 2 fully saturated rings. The van der Waals surface area contributed by atoms with Crippen molar-refractivity contribution in [2.45, 2.75) is 105 Å². The van der Waals surface area contributed by atoms with Gasteiger partial charge in [0.05, 0.1) is 17.0 Å². The number of rotatable bonds is 20. The van der Waals surface area contributed by atoms with Crippen molar-refractivity contribution >= 4 is 79.8 Å². The monoisotopic (exact) mass is 1140 g/mol. The van der Waals surface area contributed by atoms with Crippen LogP contribution in [0.25, 0.3) is 5.57 Å². The number of amides is 1. The number of nitrogens with one attached hydrogen (secondary N) is 3. The number of carbonyl (C=O) groups is 2. The molecule has 1 aliphatic carbocycles. The molecule has 7 rings (SSSR count). The number of para-hydroxylation sites is 1. The summed E-state index contributed by atoms with van der Waals surface area (Å²) in [6.07, 6.45) is 5.37. The van der Waals surface area contributed by atoms with Gasteiger partial charge in [-0.1, -0.05) is 99.1 Å². The highest BCUT2D eigenvalue weighted by Gasteiger charge is 2.50. The molecule has 23 heteroatoms. The van der Waals surface area contributed by atoms with E-state index in [0.29, 0.717) is 52.4 Å². The van der Waals surface area contributed by atoms with Gasteiger partial charge in [-0.25, -0.2) is 17.4 Å². The molecular weight excluding hydrogens is 1070 g/mol. The van der Waals surface area contributed by atoms with Crippen molar-refractivity contribution in [3.63, 3.8) is 0 Å². The molecule has 0 bridgehead atoms. The number of halogens is 4. The molecule has 408 valence electrons. The van der Waals surface area contributed by atoms with E-state index in [-0.39, 0.29) is 55.7 Å². The Balaban J connectivity index is 1.13. The number of carbonyl (C=O) groups excluding carboxylic acids is 2. The summed E-state index contributed by atoms with van der Waals surface area (Å²) in [6.45, 7) is 8.76. The second-order valence-corrected chi connectivity index (χ2v) is 26.8. The quantitative estimate of drug-likeness (QED) is 0.0241. The summed E-state index contributed by atoms with van der Waals surface area (Å²) >= 11 is 7.09. The molecule has 5 N–H and O–H groups in total. The highest BCUT2D eigenvalue weighted by molar-refractivity contribution is 8.01. The topological polar surface area (TPSA) is 212 Å². The maximum Gasteiger partial charge on any atom is 0.501 e. The largest absolute Gasteiger partial charge is 0.501 e. The Hall–Kier alpha value is -4.44. The molecule has 2 heterocycles. The molecule has 4 aromatic carbocycles. The molecule has 1 amide bonds. The number of benzene rings is 4. The zero-order valence-corrected chi connectivity index (χ0v) is 45.9. The predicted molar refractivity (Wildman–Crippen MR) is 286 cm³/mol. The number of hydrogen-bond donors (Lipinski definition) is 5. The number of nitrogens with zero attached hydrogens (tertiary/aromatic N) is 2. The lowest BCUT2D eigenvalue weighted by Gasteiger charge is -2.43. The first-order valence-electron chi connectivity index (χ1n) is 24.9. The van der Waals surface area contributed by atoms with Gasteiger partial charge in [-0.15, -0.1) is 0 Å². The van der Waals surface area contributed by atoms with Crippen LogP contribution in [0.15, 0.2) is 119 Å². The Morgan fingerprint density at radius 1 is 0.973 bits per heavy atom. The van der Waals surface area contributed by atoms with Crippen molar-refractivity contribution < 1.29 is 58.7 Å². The van der Waals surface area contributed by atoms with Crippen LogP contribution < -0.4 is 24.6 Å². The highest BCUT2D eigenvalue weighted by Crippen LogP contribution is 2.47. The average molecular weight is 1140 g/mol. The smallest absolute Gasteiger partial charge is 0.449 e. The zero-order valence-electron chi connectivity index (χ0n) is 41.8. The zero-order chi connectivity index (χ0) is 54.3. The number of thioether (sulfide) groups is 1. The fraction of sp³-hybridized carbons (Fsp3) is 0.462. The molecule has 0 spiro atoms. The van der Waals surface area contributed by atoms with E-state index in [1.807, 2.05) is 29.0 Å². The van der Waals surface area contributed by atoms with Crippen LogP contribution in [0.2, 0.25) is 5.02 Å². The van der Waals surface area contributed by atoms with Crippen LogP contribution in [-0.4, -0.2) is 94.0 Å².